The summed E-state index contributed by atoms with van der Waals surface area (Å²) in [5, 5.41) is 0. The minimum atomic E-state index is 0.240. The fourth-order valence-electron chi connectivity index (χ4n) is 2.73. The highest BCUT2D eigenvalue weighted by Crippen LogP contribution is 2.30. The van der Waals surface area contributed by atoms with Gasteiger partial charge in [-0.2, -0.15) is 0 Å². The molecule has 1 atom stereocenters. The van der Waals surface area contributed by atoms with Gasteiger partial charge < -0.3 is 4.74 Å². The van der Waals surface area contributed by atoms with Gasteiger partial charge >= 0.3 is 0 Å². The number of ether oxygens (including phenoxy) is 1. The summed E-state index contributed by atoms with van der Waals surface area (Å²) in [6.07, 6.45) is 3.04. The molecule has 2 rings (SSSR count). The van der Waals surface area contributed by atoms with Crippen molar-refractivity contribution in [1.29, 1.82) is 0 Å². The van der Waals surface area contributed by atoms with Crippen molar-refractivity contribution in [1.82, 2.24) is 4.90 Å². The van der Waals surface area contributed by atoms with E-state index in [1.165, 1.54) is 5.57 Å². The number of rotatable bonds is 3. The van der Waals surface area contributed by atoms with Gasteiger partial charge in [0, 0.05) is 25.6 Å². The van der Waals surface area contributed by atoms with Gasteiger partial charge in [0.2, 0.25) is 0 Å². The second-order valence-electron chi connectivity index (χ2n) is 5.13. The second kappa shape index (κ2) is 5.78. The Hall–Kier alpha value is -0.670. The molecule has 1 aliphatic carbocycles. The van der Waals surface area contributed by atoms with Crippen LogP contribution >= 0.6 is 0 Å². The third kappa shape index (κ3) is 2.96. The van der Waals surface area contributed by atoms with Crippen LogP contribution in [0.15, 0.2) is 11.1 Å². The molecule has 17 heavy (non-hydrogen) atoms. The summed E-state index contributed by atoms with van der Waals surface area (Å²) in [6.45, 7) is 8.76. The maximum absolute atomic E-state index is 12.3. The molecule has 2 aliphatic rings. The van der Waals surface area contributed by atoms with Crippen LogP contribution < -0.4 is 0 Å². The van der Waals surface area contributed by atoms with Crippen LogP contribution in [0, 0.1) is 5.92 Å². The van der Waals surface area contributed by atoms with Crippen molar-refractivity contribution < 1.29 is 9.53 Å². The van der Waals surface area contributed by atoms with Crippen LogP contribution in [-0.2, 0) is 9.53 Å². The molecule has 0 amide bonds. The lowest BCUT2D eigenvalue weighted by Gasteiger charge is -2.28. The van der Waals surface area contributed by atoms with E-state index in [1.54, 1.807) is 0 Å². The van der Waals surface area contributed by atoms with Gasteiger partial charge in [-0.15, -0.1) is 0 Å². The Bertz CT molecular complexity index is 316. The fourth-order valence-corrected chi connectivity index (χ4v) is 2.73. The smallest absolute Gasteiger partial charge is 0.163 e. The molecule has 0 aromatic rings. The number of ketones is 1. The van der Waals surface area contributed by atoms with Gasteiger partial charge in [-0.25, -0.2) is 0 Å². The molecule has 3 heteroatoms. The Morgan fingerprint density at radius 1 is 1.41 bits per heavy atom. The van der Waals surface area contributed by atoms with Gasteiger partial charge in [0.05, 0.1) is 13.2 Å². The lowest BCUT2D eigenvalue weighted by atomic mass is 10.0. The quantitative estimate of drug-likeness (QED) is 0.703. The van der Waals surface area contributed by atoms with Gasteiger partial charge in [0.25, 0.3) is 0 Å². The molecule has 0 aromatic carbocycles. The summed E-state index contributed by atoms with van der Waals surface area (Å²) in [7, 11) is 0. The summed E-state index contributed by atoms with van der Waals surface area (Å²) >= 11 is 0. The van der Waals surface area contributed by atoms with E-state index in [0.717, 1.165) is 57.7 Å². The molecule has 2 fully saturated rings. The molecular weight excluding hydrogens is 214 g/mol. The van der Waals surface area contributed by atoms with E-state index in [2.05, 4.69) is 18.7 Å². The average molecular weight is 237 g/mol. The highest BCUT2D eigenvalue weighted by molar-refractivity contribution is 6.00. The first-order valence-electron chi connectivity index (χ1n) is 6.75. The molecule has 0 N–H and O–H groups in total. The van der Waals surface area contributed by atoms with Crippen molar-refractivity contribution in [3.05, 3.63) is 11.1 Å². The zero-order chi connectivity index (χ0) is 12.3. The van der Waals surface area contributed by atoms with Gasteiger partial charge in [0.1, 0.15) is 0 Å². The molecular formula is C14H23NO2. The van der Waals surface area contributed by atoms with Crippen LogP contribution in [0.25, 0.3) is 0 Å². The Labute approximate surface area is 104 Å². The number of morpholine rings is 1. The molecule has 0 radical (unpaired) electrons. The number of allylic oxidation sites excluding steroid dienone is 2. The predicted octanol–water partition coefficient (Wildman–Crippen LogP) is 2.02. The van der Waals surface area contributed by atoms with Crippen LogP contribution in [-0.4, -0.2) is 43.5 Å². The number of carbonyl (C=O) groups is 1. The van der Waals surface area contributed by atoms with Crippen molar-refractivity contribution in [2.24, 2.45) is 5.92 Å². The van der Waals surface area contributed by atoms with Crippen LogP contribution in [0.5, 0.6) is 0 Å². The predicted molar refractivity (Wildman–Crippen MR) is 68.0 cm³/mol. The Kier molecular flexibility index (Phi) is 4.35. The van der Waals surface area contributed by atoms with Crippen LogP contribution in [0.1, 0.15) is 33.1 Å². The van der Waals surface area contributed by atoms with Crippen molar-refractivity contribution >= 4 is 5.78 Å². The van der Waals surface area contributed by atoms with E-state index in [0.29, 0.717) is 5.78 Å². The Morgan fingerprint density at radius 3 is 2.76 bits per heavy atom. The summed E-state index contributed by atoms with van der Waals surface area (Å²) < 4.78 is 5.33. The number of hydrogen-bond donors (Lipinski definition) is 0. The first-order chi connectivity index (χ1) is 8.22. The largest absolute Gasteiger partial charge is 0.379 e. The third-order valence-corrected chi connectivity index (χ3v) is 4.04. The van der Waals surface area contributed by atoms with Gasteiger partial charge in [-0.05, 0) is 31.8 Å². The summed E-state index contributed by atoms with van der Waals surface area (Å²) in [6, 6.07) is 0. The van der Waals surface area contributed by atoms with Crippen molar-refractivity contribution in [3.63, 3.8) is 0 Å². The lowest BCUT2D eigenvalue weighted by Crippen LogP contribution is -2.40. The van der Waals surface area contributed by atoms with Crippen LogP contribution in [0.3, 0.4) is 0 Å². The number of Topliss-reactive ketones (excluding diaryl/α,β-unsaturated/α-hetero) is 1. The fraction of sp³-hybridized carbons (Fsp3) is 0.786. The highest BCUT2D eigenvalue weighted by atomic mass is 16.5. The van der Waals surface area contributed by atoms with E-state index >= 15 is 0 Å². The maximum Gasteiger partial charge on any atom is 0.163 e. The molecule has 0 spiro atoms. The third-order valence-electron chi connectivity index (χ3n) is 4.04. The van der Waals surface area contributed by atoms with Crippen LogP contribution in [0.4, 0.5) is 0 Å². The first-order valence-corrected chi connectivity index (χ1v) is 6.75. The maximum atomic E-state index is 12.3. The Balaban J connectivity index is 1.93. The molecule has 0 bridgehead atoms. The molecule has 1 aliphatic heterocycles. The molecule has 1 unspecified atom stereocenters. The van der Waals surface area contributed by atoms with Gasteiger partial charge in [0.15, 0.2) is 5.78 Å². The summed E-state index contributed by atoms with van der Waals surface area (Å²) in [4.78, 5) is 14.6. The molecule has 0 aromatic heterocycles. The second-order valence-corrected chi connectivity index (χ2v) is 5.13. The topological polar surface area (TPSA) is 29.5 Å². The SMILES string of the molecule is CC/C(C)=C1\CCC(CN2CCOCC2)C1=O. The van der Waals surface area contributed by atoms with E-state index in [4.69, 9.17) is 4.74 Å². The zero-order valence-corrected chi connectivity index (χ0v) is 11.0. The van der Waals surface area contributed by atoms with Gasteiger partial charge in [-0.1, -0.05) is 12.5 Å². The summed E-state index contributed by atoms with van der Waals surface area (Å²) in [5.74, 6) is 0.653. The van der Waals surface area contributed by atoms with E-state index in [-0.39, 0.29) is 5.92 Å². The molecule has 1 heterocycles. The van der Waals surface area contributed by atoms with Crippen molar-refractivity contribution in [2.75, 3.05) is 32.8 Å². The summed E-state index contributed by atoms with van der Waals surface area (Å²) in [5.41, 5.74) is 2.41. The Morgan fingerprint density at radius 2 is 2.12 bits per heavy atom. The number of hydrogen-bond acceptors (Lipinski definition) is 3. The monoisotopic (exact) mass is 237 g/mol. The minimum absolute atomic E-state index is 0.240. The zero-order valence-electron chi connectivity index (χ0n) is 11.0. The highest BCUT2D eigenvalue weighted by Gasteiger charge is 2.31. The normalized spacial score (nSPS) is 29.8. The standard InChI is InChI=1S/C14H23NO2/c1-3-11(2)13-5-4-12(14(13)16)10-15-6-8-17-9-7-15/h12H,3-10H2,1-2H3/b13-11+. The van der Waals surface area contributed by atoms with Crippen molar-refractivity contribution in [3.8, 4) is 0 Å². The number of carbonyl (C=O) groups excluding carboxylic acids is 1. The van der Waals surface area contributed by atoms with E-state index in [1.807, 2.05) is 0 Å². The van der Waals surface area contributed by atoms with Gasteiger partial charge in [-0.3, -0.25) is 9.69 Å². The van der Waals surface area contributed by atoms with Crippen molar-refractivity contribution in [2.45, 2.75) is 33.1 Å². The average Bonchev–Trinajstić information content (AvgIpc) is 2.72. The number of nitrogens with zero attached hydrogens (tertiary/aromatic N) is 1. The molecule has 96 valence electrons. The molecule has 1 saturated heterocycles. The van der Waals surface area contributed by atoms with E-state index in [9.17, 15) is 4.79 Å². The molecule has 3 nitrogen and oxygen atoms in total. The molecule has 1 saturated carbocycles. The first kappa shape index (κ1) is 12.8. The minimum Gasteiger partial charge on any atom is -0.379 e. The van der Waals surface area contributed by atoms with E-state index < -0.39 is 0 Å². The van der Waals surface area contributed by atoms with Crippen LogP contribution in [0.2, 0.25) is 0 Å². The lowest BCUT2D eigenvalue weighted by molar-refractivity contribution is -0.118.